The molecule has 4 aromatic heterocycles. The fraction of sp³-hybridized carbons (Fsp3) is 0.167. The first-order valence-electron chi connectivity index (χ1n) is 10.2. The molecular weight excluding hydrogens is 386 g/mol. The number of imidazole rings is 2. The molecule has 7 nitrogen and oxygen atoms in total. The highest BCUT2D eigenvalue weighted by atomic mass is 15.1. The predicted molar refractivity (Wildman–Crippen MR) is 124 cm³/mol. The zero-order chi connectivity index (χ0) is 21.5. The average molecular weight is 409 g/mol. The number of aromatic amines is 2. The van der Waals surface area contributed by atoms with Crippen LogP contribution in [0.2, 0.25) is 0 Å². The number of nitrogens with one attached hydrogen (secondary N) is 2. The topological polar surface area (TPSA) is 88.1 Å². The minimum absolute atomic E-state index is 0.677. The van der Waals surface area contributed by atoms with Crippen molar-refractivity contribution in [2.24, 2.45) is 7.05 Å². The third kappa shape index (κ3) is 3.24. The predicted octanol–water partition coefficient (Wildman–Crippen LogP) is 3.03. The molecule has 1 aliphatic rings. The molecule has 154 valence electrons. The van der Waals surface area contributed by atoms with Crippen LogP contribution < -0.4 is 10.6 Å². The normalized spacial score (nSPS) is 14.7. The van der Waals surface area contributed by atoms with E-state index in [4.69, 9.17) is 4.98 Å². The van der Waals surface area contributed by atoms with Gasteiger partial charge in [0, 0.05) is 18.5 Å². The second-order valence-electron chi connectivity index (χ2n) is 7.67. The Morgan fingerprint density at radius 2 is 2.13 bits per heavy atom. The first-order valence-corrected chi connectivity index (χ1v) is 10.2. The molecule has 0 bridgehead atoms. The molecule has 5 rings (SSSR count). The summed E-state index contributed by atoms with van der Waals surface area (Å²) in [5.41, 5.74) is 6.63. The van der Waals surface area contributed by atoms with Crippen molar-refractivity contribution in [3.8, 4) is 11.5 Å². The van der Waals surface area contributed by atoms with Gasteiger partial charge in [-0.05, 0) is 43.6 Å². The van der Waals surface area contributed by atoms with Gasteiger partial charge in [0.05, 0.1) is 28.5 Å². The van der Waals surface area contributed by atoms with Crippen LogP contribution in [0.4, 0.5) is 0 Å². The number of aryl methyl sites for hydroxylation is 1. The van der Waals surface area contributed by atoms with E-state index in [2.05, 4.69) is 61.4 Å². The minimum Gasteiger partial charge on any atom is -0.336 e. The Kier molecular flexibility index (Phi) is 4.51. The summed E-state index contributed by atoms with van der Waals surface area (Å²) in [6, 6.07) is 1.93. The van der Waals surface area contributed by atoms with Gasteiger partial charge in [0.2, 0.25) is 0 Å². The average Bonchev–Trinajstić information content (AvgIpc) is 3.54. The Morgan fingerprint density at radius 3 is 2.87 bits per heavy atom. The lowest BCUT2D eigenvalue weighted by Gasteiger charge is -2.02. The lowest BCUT2D eigenvalue weighted by molar-refractivity contribution is 0.845. The van der Waals surface area contributed by atoms with E-state index in [1.54, 1.807) is 6.20 Å². The van der Waals surface area contributed by atoms with Gasteiger partial charge in [-0.3, -0.25) is 10.1 Å². The lowest BCUT2D eigenvalue weighted by Crippen LogP contribution is -2.21. The highest BCUT2D eigenvalue weighted by molar-refractivity contribution is 5.92. The molecule has 0 unspecified atom stereocenters. The van der Waals surface area contributed by atoms with Crippen LogP contribution in [-0.2, 0) is 7.05 Å². The molecule has 4 aromatic rings. The van der Waals surface area contributed by atoms with Gasteiger partial charge in [0.15, 0.2) is 5.82 Å². The highest BCUT2D eigenvalue weighted by Gasteiger charge is 2.15. The molecule has 7 heteroatoms. The maximum Gasteiger partial charge on any atom is 0.159 e. The number of hydrogen-bond donors (Lipinski definition) is 2. The van der Waals surface area contributed by atoms with Crippen LogP contribution in [0, 0.1) is 6.92 Å². The standard InChI is InChI=1S/C24H23N7/c1-14(20-13-26-16(3)31(20)4)9-10-18-15(2)21(30-29-18)24-27-19-11-12-25-22(23(19)28-24)17-7-5-6-8-17/h5,7-13,29H,2,6H2,1,3-4H3,(H,27,28)/b14-9+,18-10+. The Labute approximate surface area is 179 Å². The molecule has 0 spiro atoms. The lowest BCUT2D eigenvalue weighted by atomic mass is 10.1. The number of allylic oxidation sites excluding steroid dienone is 6. The van der Waals surface area contributed by atoms with Crippen molar-refractivity contribution in [3.63, 3.8) is 0 Å². The van der Waals surface area contributed by atoms with Crippen LogP contribution >= 0.6 is 0 Å². The fourth-order valence-corrected chi connectivity index (χ4v) is 3.77. The Bertz CT molecular complexity index is 1510. The number of fused-ring (bicyclic) bond motifs is 1. The van der Waals surface area contributed by atoms with Gasteiger partial charge in [-0.2, -0.15) is 5.10 Å². The minimum atomic E-state index is 0.677. The van der Waals surface area contributed by atoms with E-state index >= 15 is 0 Å². The summed E-state index contributed by atoms with van der Waals surface area (Å²) in [7, 11) is 2.01. The van der Waals surface area contributed by atoms with Crippen LogP contribution in [0.5, 0.6) is 0 Å². The summed E-state index contributed by atoms with van der Waals surface area (Å²) < 4.78 is 2.07. The molecule has 2 N–H and O–H groups in total. The monoisotopic (exact) mass is 409 g/mol. The highest BCUT2D eigenvalue weighted by Crippen LogP contribution is 2.27. The zero-order valence-corrected chi connectivity index (χ0v) is 17.8. The van der Waals surface area contributed by atoms with Gasteiger partial charge in [0.25, 0.3) is 0 Å². The Morgan fingerprint density at radius 1 is 1.26 bits per heavy atom. The van der Waals surface area contributed by atoms with Gasteiger partial charge in [-0.1, -0.05) is 30.9 Å². The third-order valence-electron chi connectivity index (χ3n) is 5.69. The SMILES string of the molecule is C=c1c(-c2nc3c(C4=CCC=C4)nccc3[nH]2)n[nH]/c1=C/C=C(\C)c1cnc(C)n1C. The fourth-order valence-electron chi connectivity index (χ4n) is 3.77. The van der Waals surface area contributed by atoms with Crippen molar-refractivity contribution in [2.75, 3.05) is 0 Å². The van der Waals surface area contributed by atoms with Crippen molar-refractivity contribution < 1.29 is 0 Å². The van der Waals surface area contributed by atoms with E-state index < -0.39 is 0 Å². The largest absolute Gasteiger partial charge is 0.336 e. The van der Waals surface area contributed by atoms with Crippen LogP contribution in [0.3, 0.4) is 0 Å². The van der Waals surface area contributed by atoms with E-state index in [0.29, 0.717) is 11.5 Å². The van der Waals surface area contributed by atoms with E-state index in [1.807, 2.05) is 38.4 Å². The molecule has 0 fully saturated rings. The first-order chi connectivity index (χ1) is 15.0. The van der Waals surface area contributed by atoms with Gasteiger partial charge in [-0.25, -0.2) is 9.97 Å². The van der Waals surface area contributed by atoms with Gasteiger partial charge in [0.1, 0.15) is 17.0 Å². The third-order valence-corrected chi connectivity index (χ3v) is 5.69. The molecule has 0 radical (unpaired) electrons. The molecule has 0 amide bonds. The summed E-state index contributed by atoms with van der Waals surface area (Å²) in [6.45, 7) is 8.28. The number of nitrogens with zero attached hydrogens (tertiary/aromatic N) is 5. The van der Waals surface area contributed by atoms with Gasteiger partial charge < -0.3 is 9.55 Å². The van der Waals surface area contributed by atoms with Crippen molar-refractivity contribution in [1.29, 1.82) is 0 Å². The molecule has 0 atom stereocenters. The van der Waals surface area contributed by atoms with Crippen molar-refractivity contribution in [3.05, 3.63) is 70.5 Å². The zero-order valence-electron chi connectivity index (χ0n) is 17.8. The quantitative estimate of drug-likeness (QED) is 0.542. The van der Waals surface area contributed by atoms with Crippen molar-refractivity contribution in [1.82, 2.24) is 34.7 Å². The first kappa shape index (κ1) is 19.0. The number of aromatic nitrogens is 7. The summed E-state index contributed by atoms with van der Waals surface area (Å²) in [5.74, 6) is 1.66. The maximum absolute atomic E-state index is 4.80. The molecule has 31 heavy (non-hydrogen) atoms. The van der Waals surface area contributed by atoms with E-state index in [-0.39, 0.29) is 0 Å². The molecular formula is C24H23N7. The molecule has 4 heterocycles. The molecule has 0 saturated carbocycles. The van der Waals surface area contributed by atoms with Gasteiger partial charge >= 0.3 is 0 Å². The Hall–Kier alpha value is -4.00. The number of H-pyrrole nitrogens is 2. The summed E-state index contributed by atoms with van der Waals surface area (Å²) >= 11 is 0. The number of pyridine rings is 1. The van der Waals surface area contributed by atoms with E-state index in [0.717, 1.165) is 56.4 Å². The number of rotatable bonds is 4. The van der Waals surface area contributed by atoms with Crippen LogP contribution in [0.1, 0.15) is 30.6 Å². The second-order valence-corrected chi connectivity index (χ2v) is 7.67. The summed E-state index contributed by atoms with van der Waals surface area (Å²) in [6.07, 6.45) is 15.0. The maximum atomic E-state index is 4.80. The smallest absolute Gasteiger partial charge is 0.159 e. The van der Waals surface area contributed by atoms with Crippen molar-refractivity contribution in [2.45, 2.75) is 20.3 Å². The molecule has 0 aromatic carbocycles. The molecule has 0 saturated heterocycles. The summed E-state index contributed by atoms with van der Waals surface area (Å²) in [5, 5.41) is 9.18. The Balaban J connectivity index is 1.54. The van der Waals surface area contributed by atoms with E-state index in [9.17, 15) is 0 Å². The van der Waals surface area contributed by atoms with Gasteiger partial charge in [-0.15, -0.1) is 0 Å². The van der Waals surface area contributed by atoms with Crippen LogP contribution in [-0.4, -0.2) is 34.7 Å². The summed E-state index contributed by atoms with van der Waals surface area (Å²) in [4.78, 5) is 17.1. The second kappa shape index (κ2) is 7.36. The molecule has 0 aliphatic heterocycles. The van der Waals surface area contributed by atoms with Crippen LogP contribution in [0.25, 0.3) is 46.4 Å². The number of hydrogen-bond acceptors (Lipinski definition) is 4. The van der Waals surface area contributed by atoms with E-state index in [1.165, 1.54) is 0 Å². The van der Waals surface area contributed by atoms with Crippen LogP contribution in [0.15, 0.2) is 42.8 Å². The molecule has 1 aliphatic carbocycles. The van der Waals surface area contributed by atoms with Crippen molar-refractivity contribution >= 4 is 34.8 Å².